The predicted molar refractivity (Wildman–Crippen MR) is 91.5 cm³/mol. The quantitative estimate of drug-likeness (QED) is 0.574. The number of carbonyl (C=O) groups excluding carboxylic acids is 1. The normalized spacial score (nSPS) is 10.8. The molecular formula is C16H13ClN4O3. The Morgan fingerprint density at radius 2 is 2.08 bits per heavy atom. The fraction of sp³-hybridized carbons (Fsp3) is 0.125. The molecule has 1 heterocycles. The number of benzene rings is 2. The first-order chi connectivity index (χ1) is 11.5. The Bertz CT molecular complexity index is 952. The van der Waals surface area contributed by atoms with Gasteiger partial charge in [0.05, 0.1) is 26.5 Å². The largest absolute Gasteiger partial charge is 0.310 e. The highest BCUT2D eigenvalue weighted by Crippen LogP contribution is 2.24. The van der Waals surface area contributed by atoms with E-state index >= 15 is 0 Å². The number of imidazole rings is 1. The molecule has 122 valence electrons. The topological polar surface area (TPSA) is 90.1 Å². The minimum Gasteiger partial charge on any atom is -0.310 e. The van der Waals surface area contributed by atoms with Gasteiger partial charge in [0.2, 0.25) is 5.95 Å². The molecule has 0 unspecified atom stereocenters. The van der Waals surface area contributed by atoms with E-state index in [4.69, 9.17) is 11.6 Å². The van der Waals surface area contributed by atoms with E-state index in [0.717, 1.165) is 17.1 Å². The number of nitro groups is 1. The molecule has 8 heteroatoms. The summed E-state index contributed by atoms with van der Waals surface area (Å²) >= 11 is 6.00. The van der Waals surface area contributed by atoms with Crippen LogP contribution < -0.4 is 5.32 Å². The number of rotatable bonds is 4. The highest BCUT2D eigenvalue weighted by Gasteiger charge is 2.18. The molecule has 7 nitrogen and oxygen atoms in total. The molecule has 2 aromatic carbocycles. The van der Waals surface area contributed by atoms with Gasteiger partial charge in [-0.2, -0.15) is 0 Å². The maximum Gasteiger partial charge on any atom is 0.270 e. The monoisotopic (exact) mass is 344 g/mol. The van der Waals surface area contributed by atoms with E-state index in [9.17, 15) is 14.9 Å². The van der Waals surface area contributed by atoms with E-state index in [1.165, 1.54) is 12.1 Å². The Morgan fingerprint density at radius 3 is 2.79 bits per heavy atom. The van der Waals surface area contributed by atoms with Crippen LogP contribution in [0.3, 0.4) is 0 Å². The van der Waals surface area contributed by atoms with Crippen LogP contribution in [-0.4, -0.2) is 20.4 Å². The van der Waals surface area contributed by atoms with Crippen molar-refractivity contribution >= 4 is 40.2 Å². The standard InChI is InChI=1S/C16H13ClN4O3/c1-2-20-14-6-4-3-5-13(14)18-16(20)19-15(22)11-9-10(21(23)24)7-8-12(11)17/h3-9H,2H2,1H3,(H,18,19,22). The first kappa shape index (κ1) is 15.9. The number of aryl methyl sites for hydroxylation is 1. The zero-order valence-corrected chi connectivity index (χ0v) is 13.4. The van der Waals surface area contributed by atoms with E-state index in [2.05, 4.69) is 10.3 Å². The van der Waals surface area contributed by atoms with E-state index in [-0.39, 0.29) is 16.3 Å². The summed E-state index contributed by atoms with van der Waals surface area (Å²) in [7, 11) is 0. The molecule has 0 bridgehead atoms. The van der Waals surface area contributed by atoms with E-state index < -0.39 is 10.8 Å². The van der Waals surface area contributed by atoms with Gasteiger partial charge in [-0.15, -0.1) is 0 Å². The average molecular weight is 345 g/mol. The number of hydrogen-bond donors (Lipinski definition) is 1. The fourth-order valence-corrected chi connectivity index (χ4v) is 2.66. The number of nitro benzene ring substituents is 1. The highest BCUT2D eigenvalue weighted by atomic mass is 35.5. The fourth-order valence-electron chi connectivity index (χ4n) is 2.46. The number of nitrogens with zero attached hydrogens (tertiary/aromatic N) is 3. The Morgan fingerprint density at radius 1 is 1.33 bits per heavy atom. The maximum absolute atomic E-state index is 12.5. The van der Waals surface area contributed by atoms with Crippen LogP contribution in [0.4, 0.5) is 11.6 Å². The van der Waals surface area contributed by atoms with Gasteiger partial charge < -0.3 is 4.57 Å². The van der Waals surface area contributed by atoms with Crippen LogP contribution >= 0.6 is 11.6 Å². The molecular weight excluding hydrogens is 332 g/mol. The molecule has 0 saturated heterocycles. The maximum atomic E-state index is 12.5. The van der Waals surface area contributed by atoms with Crippen molar-refractivity contribution in [2.45, 2.75) is 13.5 Å². The molecule has 0 atom stereocenters. The van der Waals surface area contributed by atoms with Crippen molar-refractivity contribution in [3.05, 3.63) is 63.2 Å². The van der Waals surface area contributed by atoms with Crippen LogP contribution in [0, 0.1) is 10.1 Å². The zero-order valence-electron chi connectivity index (χ0n) is 12.7. The molecule has 0 radical (unpaired) electrons. The summed E-state index contributed by atoms with van der Waals surface area (Å²) < 4.78 is 1.85. The Hall–Kier alpha value is -2.93. The Balaban J connectivity index is 1.98. The predicted octanol–water partition coefficient (Wildman–Crippen LogP) is 3.87. The number of fused-ring (bicyclic) bond motifs is 1. The van der Waals surface area contributed by atoms with Gasteiger partial charge in [0, 0.05) is 18.7 Å². The van der Waals surface area contributed by atoms with Crippen LogP contribution in [0.5, 0.6) is 0 Å². The van der Waals surface area contributed by atoms with Crippen molar-refractivity contribution < 1.29 is 9.72 Å². The van der Waals surface area contributed by atoms with Gasteiger partial charge >= 0.3 is 0 Å². The summed E-state index contributed by atoms with van der Waals surface area (Å²) in [5.41, 5.74) is 1.47. The van der Waals surface area contributed by atoms with Gasteiger partial charge in [-0.3, -0.25) is 20.2 Å². The number of para-hydroxylation sites is 2. The summed E-state index contributed by atoms with van der Waals surface area (Å²) in [6.45, 7) is 2.54. The van der Waals surface area contributed by atoms with Crippen molar-refractivity contribution in [3.63, 3.8) is 0 Å². The summed E-state index contributed by atoms with van der Waals surface area (Å²) in [6, 6.07) is 11.2. The van der Waals surface area contributed by atoms with Crippen molar-refractivity contribution in [3.8, 4) is 0 Å². The summed E-state index contributed by atoms with van der Waals surface area (Å²) in [5, 5.41) is 13.7. The SMILES string of the molecule is CCn1c(NC(=O)c2cc([N+](=O)[O-])ccc2Cl)nc2ccccc21. The second-order valence-corrected chi connectivity index (χ2v) is 5.45. The molecule has 3 aromatic rings. The third-order valence-corrected chi connectivity index (χ3v) is 3.93. The number of non-ortho nitro benzene ring substituents is 1. The van der Waals surface area contributed by atoms with Gasteiger partial charge in [0.15, 0.2) is 0 Å². The molecule has 0 fully saturated rings. The first-order valence-corrected chi connectivity index (χ1v) is 7.59. The minimum atomic E-state index is -0.575. The molecule has 0 aliphatic heterocycles. The van der Waals surface area contributed by atoms with Crippen molar-refractivity contribution in [1.29, 1.82) is 0 Å². The number of halogens is 1. The number of aromatic nitrogens is 2. The molecule has 1 N–H and O–H groups in total. The third-order valence-electron chi connectivity index (χ3n) is 3.60. The average Bonchev–Trinajstić information content (AvgIpc) is 2.91. The lowest BCUT2D eigenvalue weighted by Crippen LogP contribution is -2.16. The van der Waals surface area contributed by atoms with Crippen LogP contribution in [-0.2, 0) is 6.54 Å². The molecule has 0 aliphatic carbocycles. The summed E-state index contributed by atoms with van der Waals surface area (Å²) in [6.07, 6.45) is 0. The third kappa shape index (κ3) is 2.81. The Labute approximate surface area is 142 Å². The molecule has 0 aliphatic rings. The molecule has 3 rings (SSSR count). The molecule has 1 aromatic heterocycles. The van der Waals surface area contributed by atoms with Crippen molar-refractivity contribution in [1.82, 2.24) is 9.55 Å². The summed E-state index contributed by atoms with van der Waals surface area (Å²) in [4.78, 5) is 27.2. The number of nitrogens with one attached hydrogen (secondary N) is 1. The minimum absolute atomic E-state index is 0.0283. The van der Waals surface area contributed by atoms with Gasteiger partial charge in [-0.1, -0.05) is 23.7 Å². The molecule has 0 saturated carbocycles. The van der Waals surface area contributed by atoms with Crippen LogP contribution in [0.1, 0.15) is 17.3 Å². The molecule has 0 spiro atoms. The second kappa shape index (κ2) is 6.29. The van der Waals surface area contributed by atoms with Crippen LogP contribution in [0.2, 0.25) is 5.02 Å². The van der Waals surface area contributed by atoms with Gasteiger partial charge in [-0.25, -0.2) is 4.98 Å². The number of anilines is 1. The lowest BCUT2D eigenvalue weighted by molar-refractivity contribution is -0.384. The molecule has 24 heavy (non-hydrogen) atoms. The zero-order chi connectivity index (χ0) is 17.3. The van der Waals surface area contributed by atoms with Crippen LogP contribution in [0.15, 0.2) is 42.5 Å². The second-order valence-electron chi connectivity index (χ2n) is 5.04. The van der Waals surface area contributed by atoms with Gasteiger partial charge in [0.1, 0.15) is 0 Å². The highest BCUT2D eigenvalue weighted by molar-refractivity contribution is 6.34. The Kier molecular flexibility index (Phi) is 4.18. The number of carbonyl (C=O) groups is 1. The van der Waals surface area contributed by atoms with Gasteiger partial charge in [0.25, 0.3) is 11.6 Å². The van der Waals surface area contributed by atoms with E-state index in [1.54, 1.807) is 0 Å². The van der Waals surface area contributed by atoms with Crippen LogP contribution in [0.25, 0.3) is 11.0 Å². The number of hydrogen-bond acceptors (Lipinski definition) is 4. The van der Waals surface area contributed by atoms with Crippen molar-refractivity contribution in [2.75, 3.05) is 5.32 Å². The smallest absolute Gasteiger partial charge is 0.270 e. The van der Waals surface area contributed by atoms with E-state index in [1.807, 2.05) is 35.8 Å². The lowest BCUT2D eigenvalue weighted by Gasteiger charge is -2.08. The van der Waals surface area contributed by atoms with E-state index in [0.29, 0.717) is 12.5 Å². The van der Waals surface area contributed by atoms with Crippen molar-refractivity contribution in [2.24, 2.45) is 0 Å². The number of amides is 1. The lowest BCUT2D eigenvalue weighted by atomic mass is 10.2. The van der Waals surface area contributed by atoms with Gasteiger partial charge in [-0.05, 0) is 25.1 Å². The molecule has 1 amide bonds. The summed E-state index contributed by atoms with van der Waals surface area (Å²) in [5.74, 6) is -0.181. The first-order valence-electron chi connectivity index (χ1n) is 7.22.